The summed E-state index contributed by atoms with van der Waals surface area (Å²) >= 11 is 0. The minimum Gasteiger partial charge on any atom is -0.465 e. The molecule has 1 N–H and O–H groups in total. The number of hydrogen-bond acceptors (Lipinski definition) is 6. The maximum atomic E-state index is 14.0. The van der Waals surface area contributed by atoms with Gasteiger partial charge in [0.15, 0.2) is 0 Å². The van der Waals surface area contributed by atoms with Crippen molar-refractivity contribution in [3.8, 4) is 0 Å². The first-order chi connectivity index (χ1) is 15.7. The maximum absolute atomic E-state index is 14.0. The molecule has 2 saturated heterocycles. The first-order valence-corrected chi connectivity index (χ1v) is 12.2. The van der Waals surface area contributed by atoms with Crippen LogP contribution in [0.25, 0.3) is 0 Å². The van der Waals surface area contributed by atoms with Crippen LogP contribution < -0.4 is 0 Å². The second kappa shape index (κ2) is 9.22. The number of aliphatic hydroxyl groups is 1. The van der Waals surface area contributed by atoms with Crippen LogP contribution in [-0.2, 0) is 23.9 Å². The first-order valence-electron chi connectivity index (χ1n) is 12.2. The molecule has 8 heteroatoms. The van der Waals surface area contributed by atoms with Gasteiger partial charge < -0.3 is 24.4 Å². The van der Waals surface area contributed by atoms with Gasteiger partial charge in [0.2, 0.25) is 11.8 Å². The van der Waals surface area contributed by atoms with Gasteiger partial charge in [-0.2, -0.15) is 0 Å². The van der Waals surface area contributed by atoms with Crippen LogP contribution in [0.4, 0.5) is 0 Å². The van der Waals surface area contributed by atoms with Crippen molar-refractivity contribution in [3.05, 3.63) is 24.3 Å². The number of hydrogen-bond donors (Lipinski definition) is 1. The molecule has 0 aromatic carbocycles. The molecule has 8 nitrogen and oxygen atoms in total. The Labute approximate surface area is 195 Å². The SMILES string of the molecule is CC(C)[C@H](CO)N1C(=O)[C@@H]2[C@H]3C(=O)OCCCC/C=C\[C@H]3O[C@@]23C=CCN(C(C)C)C(=O)C13. The third kappa shape index (κ3) is 3.81. The lowest BCUT2D eigenvalue weighted by atomic mass is 9.78. The second-order valence-electron chi connectivity index (χ2n) is 10.2. The van der Waals surface area contributed by atoms with E-state index in [1.807, 2.05) is 52.0 Å². The molecule has 0 radical (unpaired) electrons. The number of esters is 1. The normalized spacial score (nSPS) is 36.4. The average molecular weight is 461 g/mol. The van der Waals surface area contributed by atoms with E-state index in [1.165, 1.54) is 4.90 Å². The quantitative estimate of drug-likeness (QED) is 0.507. The van der Waals surface area contributed by atoms with Crippen molar-refractivity contribution in [2.75, 3.05) is 19.8 Å². The topological polar surface area (TPSA) is 96.4 Å². The van der Waals surface area contributed by atoms with E-state index in [2.05, 4.69) is 0 Å². The van der Waals surface area contributed by atoms with Crippen LogP contribution in [0.15, 0.2) is 24.3 Å². The molecule has 1 spiro atoms. The molecule has 0 bridgehead atoms. The zero-order valence-electron chi connectivity index (χ0n) is 20.0. The Kier molecular flexibility index (Phi) is 6.69. The van der Waals surface area contributed by atoms with E-state index >= 15 is 0 Å². The largest absolute Gasteiger partial charge is 0.465 e. The summed E-state index contributed by atoms with van der Waals surface area (Å²) in [6, 6.07) is -1.59. The summed E-state index contributed by atoms with van der Waals surface area (Å²) in [5.74, 6) is -2.82. The van der Waals surface area contributed by atoms with E-state index in [1.54, 1.807) is 4.90 Å². The monoisotopic (exact) mass is 460 g/mol. The van der Waals surface area contributed by atoms with Gasteiger partial charge in [-0.3, -0.25) is 14.4 Å². The van der Waals surface area contributed by atoms with Gasteiger partial charge in [0, 0.05) is 12.6 Å². The lowest BCUT2D eigenvalue weighted by Crippen LogP contribution is -2.59. The molecule has 2 amide bonds. The van der Waals surface area contributed by atoms with Crippen molar-refractivity contribution >= 4 is 17.8 Å². The number of carbonyl (C=O) groups excluding carboxylic acids is 3. The van der Waals surface area contributed by atoms with Gasteiger partial charge in [-0.05, 0) is 39.0 Å². The molecule has 4 heterocycles. The van der Waals surface area contributed by atoms with Gasteiger partial charge in [0.05, 0.1) is 31.3 Å². The lowest BCUT2D eigenvalue weighted by molar-refractivity contribution is -0.157. The number of allylic oxidation sites excluding steroid dienone is 1. The summed E-state index contributed by atoms with van der Waals surface area (Å²) in [5, 5.41) is 10.2. The smallest absolute Gasteiger partial charge is 0.312 e. The van der Waals surface area contributed by atoms with E-state index in [-0.39, 0.29) is 30.4 Å². The van der Waals surface area contributed by atoms with Crippen LogP contribution in [0, 0.1) is 17.8 Å². The fourth-order valence-electron chi connectivity index (χ4n) is 5.82. The fraction of sp³-hybridized carbons (Fsp3) is 0.720. The number of ether oxygens (including phenoxy) is 2. The summed E-state index contributed by atoms with van der Waals surface area (Å²) < 4.78 is 12.1. The minimum absolute atomic E-state index is 0.0769. The highest BCUT2D eigenvalue weighted by atomic mass is 16.6. The predicted molar refractivity (Wildman–Crippen MR) is 121 cm³/mol. The fourth-order valence-corrected chi connectivity index (χ4v) is 5.82. The molecule has 4 rings (SSSR count). The van der Waals surface area contributed by atoms with Gasteiger partial charge in [-0.1, -0.05) is 38.2 Å². The highest BCUT2D eigenvalue weighted by Gasteiger charge is 2.72. The Balaban J connectivity index is 1.87. The number of rotatable bonds is 4. The number of aliphatic hydroxyl groups excluding tert-OH is 1. The van der Waals surface area contributed by atoms with Crippen molar-refractivity contribution in [3.63, 3.8) is 0 Å². The summed E-state index contributed by atoms with van der Waals surface area (Å²) in [4.78, 5) is 44.4. The van der Waals surface area contributed by atoms with Gasteiger partial charge in [-0.15, -0.1) is 0 Å². The first kappa shape index (κ1) is 24.0. The second-order valence-corrected chi connectivity index (χ2v) is 10.2. The van der Waals surface area contributed by atoms with Crippen molar-refractivity contribution in [2.45, 2.75) is 76.8 Å². The van der Waals surface area contributed by atoms with Crippen LogP contribution >= 0.6 is 0 Å². The van der Waals surface area contributed by atoms with Crippen LogP contribution in [0.3, 0.4) is 0 Å². The van der Waals surface area contributed by atoms with E-state index in [0.29, 0.717) is 13.2 Å². The standard InChI is InChI=1S/C25H36N2O6/c1-15(2)17(14-28)27-21-23(30)26(16(3)4)12-9-11-25(21)20(22(27)29)19-18(33-25)10-7-5-6-8-13-32-24(19)31/h7,9-11,15-21,28H,5-6,8,12-14H2,1-4H3/b10-7-/t17-,18+,19-,20-,21?,25-/m0/s1. The molecule has 182 valence electrons. The maximum Gasteiger partial charge on any atom is 0.312 e. The average Bonchev–Trinajstić information content (AvgIpc) is 3.14. The van der Waals surface area contributed by atoms with Crippen molar-refractivity contribution in [1.29, 1.82) is 0 Å². The molecule has 4 aliphatic heterocycles. The number of carbonyl (C=O) groups is 3. The van der Waals surface area contributed by atoms with Crippen LogP contribution in [-0.4, -0.2) is 82.3 Å². The van der Waals surface area contributed by atoms with E-state index in [0.717, 1.165) is 19.3 Å². The predicted octanol–water partition coefficient (Wildman–Crippen LogP) is 1.67. The van der Waals surface area contributed by atoms with Gasteiger partial charge in [-0.25, -0.2) is 0 Å². The van der Waals surface area contributed by atoms with Crippen molar-refractivity contribution < 1.29 is 29.0 Å². The van der Waals surface area contributed by atoms with Crippen LogP contribution in [0.5, 0.6) is 0 Å². The van der Waals surface area contributed by atoms with Crippen molar-refractivity contribution in [2.24, 2.45) is 17.8 Å². The summed E-state index contributed by atoms with van der Waals surface area (Å²) in [7, 11) is 0. The molecule has 6 atom stereocenters. The summed E-state index contributed by atoms with van der Waals surface area (Å²) in [6.45, 7) is 8.12. The Morgan fingerprint density at radius 1 is 1.12 bits per heavy atom. The Morgan fingerprint density at radius 2 is 1.88 bits per heavy atom. The highest BCUT2D eigenvalue weighted by Crippen LogP contribution is 2.54. The molecule has 0 saturated carbocycles. The molecule has 4 aliphatic rings. The number of amides is 2. The summed E-state index contributed by atoms with van der Waals surface area (Å²) in [6.07, 6.45) is 9.39. The van der Waals surface area contributed by atoms with E-state index in [4.69, 9.17) is 9.47 Å². The Morgan fingerprint density at radius 3 is 2.55 bits per heavy atom. The molecular formula is C25H36N2O6. The number of likely N-dealkylation sites (tertiary alicyclic amines) is 1. The Bertz CT molecular complexity index is 852. The molecule has 2 fully saturated rings. The third-order valence-corrected chi connectivity index (χ3v) is 7.51. The number of nitrogens with zero attached hydrogens (tertiary/aromatic N) is 2. The van der Waals surface area contributed by atoms with Gasteiger partial charge >= 0.3 is 5.97 Å². The Hall–Kier alpha value is -2.19. The number of fused-ring (bicyclic) bond motifs is 2. The third-order valence-electron chi connectivity index (χ3n) is 7.51. The van der Waals surface area contributed by atoms with Gasteiger partial charge in [0.25, 0.3) is 0 Å². The number of cyclic esters (lactones) is 1. The molecule has 0 aliphatic carbocycles. The van der Waals surface area contributed by atoms with Crippen LogP contribution in [0.2, 0.25) is 0 Å². The molecular weight excluding hydrogens is 424 g/mol. The zero-order chi connectivity index (χ0) is 23.9. The van der Waals surface area contributed by atoms with Crippen LogP contribution in [0.1, 0.15) is 47.0 Å². The molecule has 0 aromatic heterocycles. The highest BCUT2D eigenvalue weighted by molar-refractivity contribution is 5.99. The van der Waals surface area contributed by atoms with E-state index < -0.39 is 41.6 Å². The molecule has 0 aromatic rings. The molecule has 1 unspecified atom stereocenters. The van der Waals surface area contributed by atoms with Crippen molar-refractivity contribution in [1.82, 2.24) is 9.80 Å². The molecule has 33 heavy (non-hydrogen) atoms. The summed E-state index contributed by atoms with van der Waals surface area (Å²) in [5.41, 5.74) is -1.28. The van der Waals surface area contributed by atoms with E-state index in [9.17, 15) is 19.5 Å². The minimum atomic E-state index is -1.28. The lowest BCUT2D eigenvalue weighted by Gasteiger charge is -2.40. The van der Waals surface area contributed by atoms with Gasteiger partial charge in [0.1, 0.15) is 17.6 Å². The zero-order valence-corrected chi connectivity index (χ0v) is 20.0.